The fourth-order valence-electron chi connectivity index (χ4n) is 3.08. The summed E-state index contributed by atoms with van der Waals surface area (Å²) in [6.45, 7) is 0. The van der Waals surface area contributed by atoms with Crippen LogP contribution in [0.2, 0.25) is 5.02 Å². The third-order valence-electron chi connectivity index (χ3n) is 4.39. The first kappa shape index (κ1) is 17.5. The SMILES string of the molecule is O=c1c(=Cc2ccccc2Sc2ccc(Cl)cc2)sc2nc3ccccc3n12. The van der Waals surface area contributed by atoms with Crippen LogP contribution in [0.1, 0.15) is 5.56 Å². The first-order valence-electron chi connectivity index (χ1n) is 8.63. The Morgan fingerprint density at radius 2 is 1.71 bits per heavy atom. The van der Waals surface area contributed by atoms with Crippen LogP contribution >= 0.6 is 34.7 Å². The molecule has 0 aliphatic heterocycles. The van der Waals surface area contributed by atoms with E-state index in [1.54, 1.807) is 16.2 Å². The number of hydrogen-bond acceptors (Lipinski definition) is 4. The molecule has 5 aromatic rings. The summed E-state index contributed by atoms with van der Waals surface area (Å²) in [7, 11) is 0. The molecule has 3 aromatic carbocycles. The average molecular weight is 421 g/mol. The molecule has 0 saturated heterocycles. The van der Waals surface area contributed by atoms with Crippen molar-refractivity contribution in [2.75, 3.05) is 0 Å². The van der Waals surface area contributed by atoms with Crippen LogP contribution in [-0.2, 0) is 0 Å². The van der Waals surface area contributed by atoms with E-state index in [2.05, 4.69) is 11.1 Å². The fraction of sp³-hybridized carbons (Fsp3) is 0. The van der Waals surface area contributed by atoms with Crippen LogP contribution in [0, 0.1) is 0 Å². The van der Waals surface area contributed by atoms with Gasteiger partial charge in [0.15, 0.2) is 4.96 Å². The van der Waals surface area contributed by atoms with Gasteiger partial charge in [-0.3, -0.25) is 4.79 Å². The number of fused-ring (bicyclic) bond motifs is 3. The number of para-hydroxylation sites is 2. The van der Waals surface area contributed by atoms with Gasteiger partial charge in [0, 0.05) is 14.8 Å². The highest BCUT2D eigenvalue weighted by atomic mass is 35.5. The minimum Gasteiger partial charge on any atom is -0.267 e. The predicted octanol–water partition coefficient (Wildman–Crippen LogP) is 5.26. The largest absolute Gasteiger partial charge is 0.274 e. The molecular formula is C22H13ClN2OS2. The van der Waals surface area contributed by atoms with Gasteiger partial charge in [-0.05, 0) is 54.1 Å². The molecule has 0 N–H and O–H groups in total. The summed E-state index contributed by atoms with van der Waals surface area (Å²) < 4.78 is 2.37. The molecule has 0 spiro atoms. The number of hydrogen-bond donors (Lipinski definition) is 0. The van der Waals surface area contributed by atoms with Gasteiger partial charge >= 0.3 is 0 Å². The fourth-order valence-corrected chi connectivity index (χ4v) is 5.10. The van der Waals surface area contributed by atoms with Gasteiger partial charge in [-0.1, -0.05) is 65.0 Å². The van der Waals surface area contributed by atoms with Gasteiger partial charge in [0.1, 0.15) is 0 Å². The maximum absolute atomic E-state index is 13.0. The van der Waals surface area contributed by atoms with Crippen LogP contribution < -0.4 is 10.1 Å². The Hall–Kier alpha value is -2.60. The van der Waals surface area contributed by atoms with Gasteiger partial charge in [-0.2, -0.15) is 0 Å². The van der Waals surface area contributed by atoms with Crippen molar-refractivity contribution in [3.05, 3.63) is 98.3 Å². The van der Waals surface area contributed by atoms with Gasteiger partial charge in [0.2, 0.25) is 0 Å². The van der Waals surface area contributed by atoms with Crippen LogP contribution in [0.5, 0.6) is 0 Å². The zero-order chi connectivity index (χ0) is 19.1. The second kappa shape index (κ2) is 7.09. The van der Waals surface area contributed by atoms with Crippen molar-refractivity contribution in [3.63, 3.8) is 0 Å². The Morgan fingerprint density at radius 3 is 2.57 bits per heavy atom. The van der Waals surface area contributed by atoms with Gasteiger partial charge in [-0.25, -0.2) is 9.38 Å². The molecule has 0 saturated carbocycles. The van der Waals surface area contributed by atoms with Crippen LogP contribution in [0.15, 0.2) is 87.4 Å². The monoisotopic (exact) mass is 420 g/mol. The number of halogens is 1. The van der Waals surface area contributed by atoms with E-state index in [4.69, 9.17) is 11.6 Å². The number of aromatic nitrogens is 2. The van der Waals surface area contributed by atoms with E-state index in [1.807, 2.05) is 72.8 Å². The maximum atomic E-state index is 13.0. The lowest BCUT2D eigenvalue weighted by Gasteiger charge is -2.05. The predicted molar refractivity (Wildman–Crippen MR) is 118 cm³/mol. The minimum absolute atomic E-state index is 0.0278. The van der Waals surface area contributed by atoms with Crippen molar-refractivity contribution in [1.82, 2.24) is 9.38 Å². The molecule has 0 aliphatic carbocycles. The molecule has 136 valence electrons. The van der Waals surface area contributed by atoms with Crippen LogP contribution in [0.4, 0.5) is 0 Å². The summed E-state index contributed by atoms with van der Waals surface area (Å²) in [5.74, 6) is 0. The molecule has 28 heavy (non-hydrogen) atoms. The summed E-state index contributed by atoms with van der Waals surface area (Å²) in [5, 5.41) is 0.717. The Bertz CT molecular complexity index is 1420. The van der Waals surface area contributed by atoms with E-state index >= 15 is 0 Å². The lowest BCUT2D eigenvalue weighted by atomic mass is 10.2. The van der Waals surface area contributed by atoms with E-state index in [9.17, 15) is 4.79 Å². The lowest BCUT2D eigenvalue weighted by molar-refractivity contribution is 1.19. The van der Waals surface area contributed by atoms with Gasteiger partial charge in [0.25, 0.3) is 5.56 Å². The molecule has 0 bridgehead atoms. The summed E-state index contributed by atoms with van der Waals surface area (Å²) in [5.41, 5.74) is 2.67. The highest BCUT2D eigenvalue weighted by Crippen LogP contribution is 2.31. The van der Waals surface area contributed by atoms with Crippen LogP contribution in [-0.4, -0.2) is 9.38 Å². The normalized spacial score (nSPS) is 12.2. The molecule has 0 radical (unpaired) electrons. The van der Waals surface area contributed by atoms with Crippen molar-refractivity contribution in [2.45, 2.75) is 9.79 Å². The van der Waals surface area contributed by atoms with E-state index in [0.29, 0.717) is 9.55 Å². The minimum atomic E-state index is -0.0278. The first-order chi connectivity index (χ1) is 13.7. The second-order valence-corrected chi connectivity index (χ2v) is 8.79. The van der Waals surface area contributed by atoms with E-state index in [0.717, 1.165) is 31.3 Å². The molecule has 2 heterocycles. The first-order valence-corrected chi connectivity index (χ1v) is 10.6. The van der Waals surface area contributed by atoms with E-state index in [1.165, 1.54) is 11.3 Å². The molecule has 3 nitrogen and oxygen atoms in total. The summed E-state index contributed by atoms with van der Waals surface area (Å²) in [6.07, 6.45) is 1.95. The van der Waals surface area contributed by atoms with Crippen LogP contribution in [0.25, 0.3) is 22.1 Å². The number of nitrogens with zero attached hydrogens (tertiary/aromatic N) is 2. The molecule has 6 heteroatoms. The number of rotatable bonds is 3. The van der Waals surface area contributed by atoms with Crippen molar-refractivity contribution in [1.29, 1.82) is 0 Å². The van der Waals surface area contributed by atoms with Crippen molar-refractivity contribution < 1.29 is 0 Å². The number of thiazole rings is 1. The molecule has 0 amide bonds. The summed E-state index contributed by atoms with van der Waals surface area (Å²) >= 11 is 9.05. The third-order valence-corrected chi connectivity index (χ3v) is 6.71. The molecular weight excluding hydrogens is 408 g/mol. The molecule has 5 rings (SSSR count). The van der Waals surface area contributed by atoms with Gasteiger partial charge in [0.05, 0.1) is 15.6 Å². The highest BCUT2D eigenvalue weighted by Gasteiger charge is 2.11. The van der Waals surface area contributed by atoms with Crippen LogP contribution in [0.3, 0.4) is 0 Å². The highest BCUT2D eigenvalue weighted by molar-refractivity contribution is 7.99. The third kappa shape index (κ3) is 3.11. The zero-order valence-electron chi connectivity index (χ0n) is 14.5. The quantitative estimate of drug-likeness (QED) is 0.399. The molecule has 0 fully saturated rings. The summed E-state index contributed by atoms with van der Waals surface area (Å²) in [4.78, 5) is 20.5. The number of benzene rings is 3. The summed E-state index contributed by atoms with van der Waals surface area (Å²) in [6, 6.07) is 23.5. The molecule has 0 atom stereocenters. The Labute approximate surface area is 173 Å². The number of imidazole rings is 1. The topological polar surface area (TPSA) is 34.4 Å². The zero-order valence-corrected chi connectivity index (χ0v) is 16.9. The molecule has 0 unspecified atom stereocenters. The van der Waals surface area contributed by atoms with Gasteiger partial charge < -0.3 is 0 Å². The maximum Gasteiger partial charge on any atom is 0.274 e. The smallest absolute Gasteiger partial charge is 0.267 e. The Balaban J connectivity index is 1.62. The lowest BCUT2D eigenvalue weighted by Crippen LogP contribution is -2.22. The van der Waals surface area contributed by atoms with Crippen molar-refractivity contribution >= 4 is 56.8 Å². The van der Waals surface area contributed by atoms with E-state index < -0.39 is 0 Å². The standard InChI is InChI=1S/C22H13ClN2OS2/c23-15-9-11-16(12-10-15)27-19-8-4-1-5-14(19)13-20-21(26)25-18-7-3-2-6-17(18)24-22(25)28-20/h1-13H. The van der Waals surface area contributed by atoms with Crippen molar-refractivity contribution in [2.24, 2.45) is 0 Å². The average Bonchev–Trinajstić information content (AvgIpc) is 3.21. The molecule has 0 aliphatic rings. The van der Waals surface area contributed by atoms with E-state index in [-0.39, 0.29) is 5.56 Å². The van der Waals surface area contributed by atoms with Gasteiger partial charge in [-0.15, -0.1) is 0 Å². The Kier molecular flexibility index (Phi) is 4.43. The Morgan fingerprint density at radius 1 is 0.964 bits per heavy atom. The van der Waals surface area contributed by atoms with Crippen molar-refractivity contribution in [3.8, 4) is 0 Å². The second-order valence-electron chi connectivity index (χ2n) is 6.23. The molecule has 2 aromatic heterocycles.